The van der Waals surface area contributed by atoms with Crippen LogP contribution in [0.4, 0.5) is 0 Å². The monoisotopic (exact) mass is 310 g/mol. The third kappa shape index (κ3) is 2.19. The van der Waals surface area contributed by atoms with Crippen molar-refractivity contribution in [2.24, 2.45) is 0 Å². The molecule has 1 aliphatic rings. The molecule has 4 rings (SSSR count). The Balaban J connectivity index is 2.00. The van der Waals surface area contributed by atoms with Gasteiger partial charge in [-0.15, -0.1) is 11.3 Å². The average Bonchev–Trinajstić information content (AvgIpc) is 3.08. The number of benzene rings is 1. The van der Waals surface area contributed by atoms with E-state index >= 15 is 0 Å². The van der Waals surface area contributed by atoms with Crippen LogP contribution in [0.5, 0.6) is 0 Å². The largest absolute Gasteiger partial charge is 0.222 e. The van der Waals surface area contributed by atoms with Crippen molar-refractivity contribution < 1.29 is 0 Å². The predicted molar refractivity (Wildman–Crippen MR) is 90.0 cm³/mol. The highest BCUT2D eigenvalue weighted by atomic mass is 32.2. The minimum absolute atomic E-state index is 0.855. The first kappa shape index (κ1) is 13.0. The molecule has 1 aliphatic carbocycles. The van der Waals surface area contributed by atoms with Gasteiger partial charge in [-0.25, -0.2) is 9.97 Å². The molecule has 3 aromatic rings. The van der Waals surface area contributed by atoms with Crippen LogP contribution in [0.25, 0.3) is 21.8 Å². The van der Waals surface area contributed by atoms with Gasteiger partial charge in [-0.3, -0.25) is 0 Å². The van der Waals surface area contributed by atoms with Crippen molar-refractivity contribution in [3.63, 3.8) is 0 Å². The molecule has 0 aliphatic heterocycles. The van der Waals surface area contributed by atoms with Crippen LogP contribution in [0, 0.1) is 0 Å². The molecule has 21 heavy (non-hydrogen) atoms. The van der Waals surface area contributed by atoms with Crippen LogP contribution in [-0.2, 0) is 12.8 Å². The molecule has 2 heterocycles. The van der Waals surface area contributed by atoms with E-state index in [2.05, 4.69) is 41.8 Å². The number of aryl methyl sites for hydroxylation is 1. The molecule has 0 saturated heterocycles. The van der Waals surface area contributed by atoms with Crippen LogP contribution in [0.1, 0.15) is 11.1 Å². The van der Waals surface area contributed by atoms with Gasteiger partial charge >= 0.3 is 0 Å². The van der Waals surface area contributed by atoms with Gasteiger partial charge in [0.15, 0.2) is 5.16 Å². The molecule has 0 spiro atoms. The number of rotatable bonds is 2. The van der Waals surface area contributed by atoms with Crippen molar-refractivity contribution in [3.05, 3.63) is 52.9 Å². The van der Waals surface area contributed by atoms with Crippen LogP contribution in [0.2, 0.25) is 0 Å². The fraction of sp³-hybridized carbons (Fsp3) is 0.176. The second kappa shape index (κ2) is 5.28. The lowest BCUT2D eigenvalue weighted by atomic mass is 9.88. The molecule has 0 radical (unpaired) electrons. The molecule has 0 bridgehead atoms. The Kier molecular flexibility index (Phi) is 3.28. The van der Waals surface area contributed by atoms with Crippen LogP contribution in [-0.4, -0.2) is 16.2 Å². The van der Waals surface area contributed by atoms with E-state index in [9.17, 15) is 0 Å². The normalized spacial score (nSPS) is 12.8. The van der Waals surface area contributed by atoms with Crippen molar-refractivity contribution in [2.45, 2.75) is 18.0 Å². The van der Waals surface area contributed by atoms with Gasteiger partial charge in [-0.2, -0.15) is 0 Å². The molecule has 0 amide bonds. The summed E-state index contributed by atoms with van der Waals surface area (Å²) in [7, 11) is 0. The summed E-state index contributed by atoms with van der Waals surface area (Å²) in [6.07, 6.45) is 4.13. The molecule has 0 atom stereocenters. The number of aromatic nitrogens is 2. The van der Waals surface area contributed by atoms with E-state index in [-0.39, 0.29) is 0 Å². The molecule has 104 valence electrons. The summed E-state index contributed by atoms with van der Waals surface area (Å²) >= 11 is 3.36. The van der Waals surface area contributed by atoms with E-state index in [0.717, 1.165) is 29.4 Å². The van der Waals surface area contributed by atoms with E-state index in [1.165, 1.54) is 21.6 Å². The highest BCUT2D eigenvalue weighted by Gasteiger charge is 2.23. The third-order valence-corrected chi connectivity index (χ3v) is 5.26. The Morgan fingerprint density at radius 2 is 1.86 bits per heavy atom. The van der Waals surface area contributed by atoms with Crippen molar-refractivity contribution in [3.8, 4) is 21.8 Å². The van der Waals surface area contributed by atoms with Crippen LogP contribution in [0.15, 0.2) is 46.9 Å². The lowest BCUT2D eigenvalue weighted by molar-refractivity contribution is 0.876. The average molecular weight is 310 g/mol. The summed E-state index contributed by atoms with van der Waals surface area (Å²) in [6.45, 7) is 0. The maximum Gasteiger partial charge on any atom is 0.188 e. The maximum absolute atomic E-state index is 4.80. The Bertz CT molecular complexity index is 795. The van der Waals surface area contributed by atoms with Crippen LogP contribution < -0.4 is 0 Å². The lowest BCUT2D eigenvalue weighted by Crippen LogP contribution is -2.09. The minimum Gasteiger partial charge on any atom is -0.222 e. The maximum atomic E-state index is 4.80. The summed E-state index contributed by atoms with van der Waals surface area (Å²) in [6, 6.07) is 12.8. The molecule has 4 heteroatoms. The Morgan fingerprint density at radius 1 is 1.00 bits per heavy atom. The zero-order chi connectivity index (χ0) is 14.2. The van der Waals surface area contributed by atoms with Gasteiger partial charge in [0.05, 0.1) is 16.3 Å². The quantitative estimate of drug-likeness (QED) is 0.507. The summed E-state index contributed by atoms with van der Waals surface area (Å²) in [4.78, 5) is 10.8. The SMILES string of the molecule is CSc1nc(-c2cccs2)c2c(n1)-c1ccccc1CC2. The molecule has 2 nitrogen and oxygen atoms in total. The van der Waals surface area contributed by atoms with Gasteiger partial charge in [0.25, 0.3) is 0 Å². The van der Waals surface area contributed by atoms with Gasteiger partial charge in [0.2, 0.25) is 0 Å². The van der Waals surface area contributed by atoms with Crippen molar-refractivity contribution in [1.29, 1.82) is 0 Å². The van der Waals surface area contributed by atoms with Gasteiger partial charge in [-0.1, -0.05) is 42.1 Å². The number of hydrogen-bond donors (Lipinski definition) is 0. The summed E-state index contributed by atoms with van der Waals surface area (Å²) < 4.78 is 0. The first-order valence-corrected chi connectivity index (χ1v) is 9.04. The molecule has 1 aromatic carbocycles. The summed E-state index contributed by atoms with van der Waals surface area (Å²) in [5.41, 5.74) is 6.21. The van der Waals surface area contributed by atoms with E-state index in [1.807, 2.05) is 6.26 Å². The summed E-state index contributed by atoms with van der Waals surface area (Å²) in [5.74, 6) is 0. The number of thioether (sulfide) groups is 1. The Morgan fingerprint density at radius 3 is 2.67 bits per heavy atom. The van der Waals surface area contributed by atoms with Gasteiger partial charge < -0.3 is 0 Å². The van der Waals surface area contributed by atoms with E-state index in [1.54, 1.807) is 23.1 Å². The van der Waals surface area contributed by atoms with Crippen molar-refractivity contribution in [1.82, 2.24) is 9.97 Å². The zero-order valence-electron chi connectivity index (χ0n) is 11.7. The van der Waals surface area contributed by atoms with Crippen molar-refractivity contribution >= 4 is 23.1 Å². The first-order valence-electron chi connectivity index (χ1n) is 6.94. The molecular weight excluding hydrogens is 296 g/mol. The smallest absolute Gasteiger partial charge is 0.188 e. The van der Waals surface area contributed by atoms with Gasteiger partial charge in [0, 0.05) is 11.1 Å². The zero-order valence-corrected chi connectivity index (χ0v) is 13.3. The van der Waals surface area contributed by atoms with Gasteiger partial charge in [0.1, 0.15) is 0 Å². The molecule has 0 fully saturated rings. The van der Waals surface area contributed by atoms with Gasteiger partial charge in [-0.05, 0) is 36.1 Å². The standard InChI is InChI=1S/C17H14N2S2/c1-20-17-18-15-12-6-3-2-5-11(12)8-9-13(15)16(19-17)14-7-4-10-21-14/h2-7,10H,8-9H2,1H3. The molecule has 0 unspecified atom stereocenters. The molecule has 0 N–H and O–H groups in total. The number of hydrogen-bond acceptors (Lipinski definition) is 4. The van der Waals surface area contributed by atoms with E-state index in [4.69, 9.17) is 9.97 Å². The highest BCUT2D eigenvalue weighted by molar-refractivity contribution is 7.98. The second-order valence-corrected chi connectivity index (χ2v) is 6.74. The van der Waals surface area contributed by atoms with E-state index < -0.39 is 0 Å². The van der Waals surface area contributed by atoms with E-state index in [0.29, 0.717) is 0 Å². The third-order valence-electron chi connectivity index (χ3n) is 3.84. The first-order chi connectivity index (χ1) is 10.4. The Hall–Kier alpha value is -1.65. The van der Waals surface area contributed by atoms with Crippen LogP contribution >= 0.6 is 23.1 Å². The highest BCUT2D eigenvalue weighted by Crippen LogP contribution is 2.38. The summed E-state index contributed by atoms with van der Waals surface area (Å²) in [5, 5.41) is 2.97. The fourth-order valence-corrected chi connectivity index (χ4v) is 3.97. The minimum atomic E-state index is 0.855. The molecule has 2 aromatic heterocycles. The topological polar surface area (TPSA) is 25.8 Å². The lowest BCUT2D eigenvalue weighted by Gasteiger charge is -2.21. The molecular formula is C17H14N2S2. The number of nitrogens with zero attached hydrogens (tertiary/aromatic N) is 2. The number of fused-ring (bicyclic) bond motifs is 3. The second-order valence-electron chi connectivity index (χ2n) is 5.02. The number of thiophene rings is 1. The molecule has 0 saturated carbocycles. The van der Waals surface area contributed by atoms with Crippen molar-refractivity contribution in [2.75, 3.05) is 6.26 Å². The fourth-order valence-electron chi connectivity index (χ4n) is 2.86. The predicted octanol–water partition coefficient (Wildman–Crippen LogP) is 4.69. The Labute approximate surface area is 132 Å². The van der Waals surface area contributed by atoms with Crippen LogP contribution in [0.3, 0.4) is 0 Å².